The van der Waals surface area contributed by atoms with Gasteiger partial charge in [-0.3, -0.25) is 5.41 Å². The first-order valence-corrected chi connectivity index (χ1v) is 3.86. The van der Waals surface area contributed by atoms with Gasteiger partial charge in [-0.2, -0.15) is 13.2 Å². The number of halogens is 4. The molecule has 1 aromatic carbocycles. The molecule has 0 aliphatic heterocycles. The largest absolute Gasteiger partial charge is 0.481 e. The molecule has 1 rings (SSSR count). The standard InChI is InChI=1S/C9H7F4NO/c1-15-8(14)6-4-5(10)2-3-7(6)9(11,12)13/h2-4,14H,1H3. The van der Waals surface area contributed by atoms with Crippen LogP contribution in [0.3, 0.4) is 0 Å². The number of nitrogens with one attached hydrogen (secondary N) is 1. The summed E-state index contributed by atoms with van der Waals surface area (Å²) in [4.78, 5) is 0. The molecule has 0 fully saturated rings. The Morgan fingerprint density at radius 2 is 1.93 bits per heavy atom. The predicted octanol–water partition coefficient (Wildman–Crippen LogP) is 2.82. The molecule has 0 aromatic heterocycles. The quantitative estimate of drug-likeness (QED) is 0.441. The van der Waals surface area contributed by atoms with Gasteiger partial charge in [0.2, 0.25) is 5.90 Å². The number of benzene rings is 1. The third kappa shape index (κ3) is 2.45. The van der Waals surface area contributed by atoms with E-state index in [1.807, 2.05) is 0 Å². The van der Waals surface area contributed by atoms with E-state index in [9.17, 15) is 17.6 Å². The molecule has 1 N–H and O–H groups in total. The van der Waals surface area contributed by atoms with Crippen molar-refractivity contribution in [3.8, 4) is 0 Å². The molecule has 82 valence electrons. The molecule has 0 radical (unpaired) electrons. The Hall–Kier alpha value is -1.59. The molecule has 0 aliphatic carbocycles. The van der Waals surface area contributed by atoms with E-state index in [1.54, 1.807) is 0 Å². The van der Waals surface area contributed by atoms with Crippen molar-refractivity contribution < 1.29 is 22.3 Å². The van der Waals surface area contributed by atoms with Gasteiger partial charge in [0.25, 0.3) is 0 Å². The Kier molecular flexibility index (Phi) is 2.97. The minimum Gasteiger partial charge on any atom is -0.481 e. The van der Waals surface area contributed by atoms with E-state index in [2.05, 4.69) is 4.74 Å². The SMILES string of the molecule is COC(=N)c1cc(F)ccc1C(F)(F)F. The summed E-state index contributed by atoms with van der Waals surface area (Å²) in [5.74, 6) is -1.57. The van der Waals surface area contributed by atoms with E-state index >= 15 is 0 Å². The molecule has 0 heterocycles. The number of hydrogen-bond donors (Lipinski definition) is 1. The molecule has 0 bridgehead atoms. The molecule has 0 unspecified atom stereocenters. The lowest BCUT2D eigenvalue weighted by atomic mass is 10.1. The summed E-state index contributed by atoms with van der Waals surface area (Å²) < 4.78 is 54.3. The van der Waals surface area contributed by atoms with Crippen LogP contribution in [0.25, 0.3) is 0 Å². The second-order valence-electron chi connectivity index (χ2n) is 2.72. The molecule has 1 aromatic rings. The van der Waals surface area contributed by atoms with Crippen LogP contribution in [0, 0.1) is 11.2 Å². The van der Waals surface area contributed by atoms with Crippen LogP contribution in [-0.2, 0) is 10.9 Å². The molecular weight excluding hydrogens is 214 g/mol. The summed E-state index contributed by atoms with van der Waals surface area (Å²) in [6, 6.07) is 1.89. The predicted molar refractivity (Wildman–Crippen MR) is 45.2 cm³/mol. The fourth-order valence-electron chi connectivity index (χ4n) is 1.06. The summed E-state index contributed by atoms with van der Waals surface area (Å²) in [5, 5.41) is 7.11. The van der Waals surface area contributed by atoms with E-state index < -0.39 is 29.0 Å². The third-order valence-electron chi connectivity index (χ3n) is 1.74. The van der Waals surface area contributed by atoms with Gasteiger partial charge in [-0.15, -0.1) is 0 Å². The summed E-state index contributed by atoms with van der Waals surface area (Å²) >= 11 is 0. The van der Waals surface area contributed by atoms with Crippen LogP contribution in [0.5, 0.6) is 0 Å². The minimum atomic E-state index is -4.63. The maximum absolute atomic E-state index is 12.7. The van der Waals surface area contributed by atoms with Crippen molar-refractivity contribution in [3.63, 3.8) is 0 Å². The molecular formula is C9H7F4NO. The fourth-order valence-corrected chi connectivity index (χ4v) is 1.06. The van der Waals surface area contributed by atoms with Crippen LogP contribution in [-0.4, -0.2) is 13.0 Å². The van der Waals surface area contributed by atoms with Crippen LogP contribution < -0.4 is 0 Å². The Morgan fingerprint density at radius 1 is 1.33 bits per heavy atom. The van der Waals surface area contributed by atoms with E-state index in [0.29, 0.717) is 18.2 Å². The van der Waals surface area contributed by atoms with Crippen LogP contribution in [0.2, 0.25) is 0 Å². The first kappa shape index (κ1) is 11.5. The van der Waals surface area contributed by atoms with Crippen molar-refractivity contribution in [1.29, 1.82) is 5.41 Å². The van der Waals surface area contributed by atoms with Gasteiger partial charge in [0, 0.05) is 0 Å². The smallest absolute Gasteiger partial charge is 0.417 e. The van der Waals surface area contributed by atoms with Crippen LogP contribution in [0.1, 0.15) is 11.1 Å². The topological polar surface area (TPSA) is 33.1 Å². The molecule has 0 saturated carbocycles. The van der Waals surface area contributed by atoms with Crippen LogP contribution >= 0.6 is 0 Å². The van der Waals surface area contributed by atoms with E-state index in [4.69, 9.17) is 5.41 Å². The number of alkyl halides is 3. The number of rotatable bonds is 1. The first-order valence-electron chi connectivity index (χ1n) is 3.86. The fraction of sp³-hybridized carbons (Fsp3) is 0.222. The van der Waals surface area contributed by atoms with Gasteiger partial charge >= 0.3 is 6.18 Å². The Morgan fingerprint density at radius 3 is 2.40 bits per heavy atom. The molecule has 0 amide bonds. The second-order valence-corrected chi connectivity index (χ2v) is 2.72. The lowest BCUT2D eigenvalue weighted by molar-refractivity contribution is -0.137. The average molecular weight is 221 g/mol. The zero-order valence-corrected chi connectivity index (χ0v) is 7.65. The highest BCUT2D eigenvalue weighted by Gasteiger charge is 2.34. The van der Waals surface area contributed by atoms with Gasteiger partial charge in [0.15, 0.2) is 0 Å². The van der Waals surface area contributed by atoms with Crippen molar-refractivity contribution in [1.82, 2.24) is 0 Å². The maximum Gasteiger partial charge on any atom is 0.417 e. The van der Waals surface area contributed by atoms with Crippen molar-refractivity contribution in [2.75, 3.05) is 7.11 Å². The average Bonchev–Trinajstić information content (AvgIpc) is 2.14. The van der Waals surface area contributed by atoms with Crippen molar-refractivity contribution >= 4 is 5.90 Å². The van der Waals surface area contributed by atoms with Gasteiger partial charge < -0.3 is 4.74 Å². The Labute approximate surface area is 83.0 Å². The van der Waals surface area contributed by atoms with Crippen LogP contribution in [0.4, 0.5) is 17.6 Å². The van der Waals surface area contributed by atoms with Gasteiger partial charge in [-0.25, -0.2) is 4.39 Å². The van der Waals surface area contributed by atoms with Crippen molar-refractivity contribution in [2.45, 2.75) is 6.18 Å². The number of ether oxygens (including phenoxy) is 1. The molecule has 2 nitrogen and oxygen atoms in total. The van der Waals surface area contributed by atoms with E-state index in [0.717, 1.165) is 7.11 Å². The normalized spacial score (nSPS) is 11.3. The monoisotopic (exact) mass is 221 g/mol. The summed E-state index contributed by atoms with van der Waals surface area (Å²) in [5.41, 5.74) is -1.69. The summed E-state index contributed by atoms with van der Waals surface area (Å²) in [6.45, 7) is 0. The summed E-state index contributed by atoms with van der Waals surface area (Å²) in [6.07, 6.45) is -4.63. The Bertz CT molecular complexity index is 386. The lowest BCUT2D eigenvalue weighted by Gasteiger charge is -2.12. The number of methoxy groups -OCH3 is 1. The number of hydrogen-bond acceptors (Lipinski definition) is 2. The van der Waals surface area contributed by atoms with Gasteiger partial charge in [0.05, 0.1) is 18.2 Å². The van der Waals surface area contributed by atoms with Crippen molar-refractivity contribution in [3.05, 3.63) is 35.1 Å². The minimum absolute atomic E-state index is 0.582. The van der Waals surface area contributed by atoms with Gasteiger partial charge in [-0.1, -0.05) is 0 Å². The highest BCUT2D eigenvalue weighted by Crippen LogP contribution is 2.32. The summed E-state index contributed by atoms with van der Waals surface area (Å²) in [7, 11) is 1.05. The lowest BCUT2D eigenvalue weighted by Crippen LogP contribution is -2.14. The highest BCUT2D eigenvalue weighted by atomic mass is 19.4. The molecule has 0 atom stereocenters. The highest BCUT2D eigenvalue weighted by molar-refractivity contribution is 5.93. The third-order valence-corrected chi connectivity index (χ3v) is 1.74. The van der Waals surface area contributed by atoms with E-state index in [1.165, 1.54) is 0 Å². The van der Waals surface area contributed by atoms with Crippen molar-refractivity contribution in [2.24, 2.45) is 0 Å². The molecule has 6 heteroatoms. The molecule has 0 aliphatic rings. The van der Waals surface area contributed by atoms with Crippen LogP contribution in [0.15, 0.2) is 18.2 Å². The molecule has 0 saturated heterocycles. The van der Waals surface area contributed by atoms with E-state index in [-0.39, 0.29) is 0 Å². The molecule has 15 heavy (non-hydrogen) atoms. The first-order chi connectivity index (χ1) is 6.86. The molecule has 0 spiro atoms. The Balaban J connectivity index is 3.33. The van der Waals surface area contributed by atoms with Gasteiger partial charge in [0.1, 0.15) is 5.82 Å². The second kappa shape index (κ2) is 3.88. The zero-order valence-electron chi connectivity index (χ0n) is 7.65. The zero-order chi connectivity index (χ0) is 11.6. The van der Waals surface area contributed by atoms with Gasteiger partial charge in [-0.05, 0) is 18.2 Å². The maximum atomic E-state index is 12.7.